The van der Waals surface area contributed by atoms with Gasteiger partial charge in [-0.3, -0.25) is 4.79 Å². The van der Waals surface area contributed by atoms with Gasteiger partial charge in [-0.15, -0.1) is 0 Å². The molecule has 0 N–H and O–H groups in total. The van der Waals surface area contributed by atoms with Gasteiger partial charge in [0.2, 0.25) is 5.91 Å². The third-order valence-electron chi connectivity index (χ3n) is 2.90. The molecule has 0 aliphatic rings. The number of carbonyl (C=O) groups is 1. The van der Waals surface area contributed by atoms with Crippen LogP contribution in [0.2, 0.25) is 0 Å². The number of ether oxygens (including phenoxy) is 1. The Bertz CT molecular complexity index is 425. The minimum atomic E-state index is 0.0424. The van der Waals surface area contributed by atoms with Crippen LogP contribution in [0.1, 0.15) is 33.3 Å². The second-order valence-electron chi connectivity index (χ2n) is 5.04. The Balaban J connectivity index is 2.76. The predicted molar refractivity (Wildman–Crippen MR) is 79.1 cm³/mol. The first-order valence-corrected chi connectivity index (χ1v) is 6.60. The molecule has 1 amide bonds. The van der Waals surface area contributed by atoms with Gasteiger partial charge in [-0.05, 0) is 51.5 Å². The van der Waals surface area contributed by atoms with Gasteiger partial charge in [0.05, 0.1) is 7.11 Å². The zero-order valence-electron chi connectivity index (χ0n) is 12.4. The monoisotopic (exact) mass is 261 g/mol. The predicted octanol–water partition coefficient (Wildman–Crippen LogP) is 3.35. The van der Waals surface area contributed by atoms with Crippen LogP contribution < -0.4 is 4.74 Å². The quantitative estimate of drug-likeness (QED) is 0.761. The highest BCUT2D eigenvalue weighted by molar-refractivity contribution is 5.92. The van der Waals surface area contributed by atoms with Crippen LogP contribution >= 0.6 is 0 Å². The van der Waals surface area contributed by atoms with E-state index in [4.69, 9.17) is 4.74 Å². The molecule has 0 aliphatic carbocycles. The molecule has 0 fully saturated rings. The van der Waals surface area contributed by atoms with E-state index in [-0.39, 0.29) is 18.0 Å². The Labute approximate surface area is 115 Å². The average Bonchev–Trinajstić information content (AvgIpc) is 2.36. The van der Waals surface area contributed by atoms with Crippen LogP contribution in [-0.4, -0.2) is 30.0 Å². The molecule has 0 bridgehead atoms. The van der Waals surface area contributed by atoms with Gasteiger partial charge in [-0.25, -0.2) is 0 Å². The molecule has 0 unspecified atom stereocenters. The van der Waals surface area contributed by atoms with Crippen molar-refractivity contribution in [1.29, 1.82) is 0 Å². The maximum Gasteiger partial charge on any atom is 0.247 e. The molecule has 104 valence electrons. The molecule has 1 rings (SSSR count). The normalized spacial score (nSPS) is 11.3. The van der Waals surface area contributed by atoms with E-state index >= 15 is 0 Å². The van der Waals surface area contributed by atoms with E-state index in [0.29, 0.717) is 0 Å². The van der Waals surface area contributed by atoms with Gasteiger partial charge in [0.15, 0.2) is 0 Å². The van der Waals surface area contributed by atoms with Crippen LogP contribution in [0.15, 0.2) is 30.3 Å². The molecule has 0 atom stereocenters. The highest BCUT2D eigenvalue weighted by atomic mass is 16.5. The Morgan fingerprint density at radius 3 is 2.05 bits per heavy atom. The number of carbonyl (C=O) groups excluding carboxylic acids is 1. The molecule has 1 aromatic carbocycles. The summed E-state index contributed by atoms with van der Waals surface area (Å²) >= 11 is 0. The molecule has 0 saturated heterocycles. The summed E-state index contributed by atoms with van der Waals surface area (Å²) in [5.41, 5.74) is 0.988. The van der Waals surface area contributed by atoms with Crippen molar-refractivity contribution in [3.05, 3.63) is 35.9 Å². The summed E-state index contributed by atoms with van der Waals surface area (Å²) in [6, 6.07) is 8.02. The van der Waals surface area contributed by atoms with E-state index in [1.54, 1.807) is 13.2 Å². The van der Waals surface area contributed by atoms with Gasteiger partial charge in [0.1, 0.15) is 5.75 Å². The van der Waals surface area contributed by atoms with E-state index in [0.717, 1.165) is 11.3 Å². The molecule has 3 heteroatoms. The van der Waals surface area contributed by atoms with Crippen LogP contribution in [0.25, 0.3) is 6.08 Å². The minimum Gasteiger partial charge on any atom is -0.497 e. The van der Waals surface area contributed by atoms with E-state index < -0.39 is 0 Å². The van der Waals surface area contributed by atoms with Crippen LogP contribution in [0.5, 0.6) is 5.75 Å². The fourth-order valence-corrected chi connectivity index (χ4v) is 2.07. The Morgan fingerprint density at radius 1 is 1.11 bits per heavy atom. The molecular weight excluding hydrogens is 238 g/mol. The number of methoxy groups -OCH3 is 1. The second-order valence-corrected chi connectivity index (χ2v) is 5.04. The third-order valence-corrected chi connectivity index (χ3v) is 2.90. The van der Waals surface area contributed by atoms with Crippen molar-refractivity contribution >= 4 is 12.0 Å². The third kappa shape index (κ3) is 4.43. The molecule has 0 radical (unpaired) electrons. The Kier molecular flexibility index (Phi) is 5.61. The smallest absolute Gasteiger partial charge is 0.247 e. The highest BCUT2D eigenvalue weighted by Gasteiger charge is 2.17. The summed E-state index contributed by atoms with van der Waals surface area (Å²) < 4.78 is 5.10. The summed E-state index contributed by atoms with van der Waals surface area (Å²) in [6.07, 6.45) is 3.46. The van der Waals surface area contributed by atoms with E-state index in [1.165, 1.54) is 0 Å². The lowest BCUT2D eigenvalue weighted by molar-refractivity contribution is -0.129. The summed E-state index contributed by atoms with van der Waals surface area (Å²) in [5.74, 6) is 0.857. The van der Waals surface area contributed by atoms with Crippen LogP contribution in [0.4, 0.5) is 0 Å². The lowest BCUT2D eigenvalue weighted by Crippen LogP contribution is -2.41. The number of nitrogens with zero attached hydrogens (tertiary/aromatic N) is 1. The molecular formula is C16H23NO2. The maximum atomic E-state index is 12.1. The minimum absolute atomic E-state index is 0.0424. The lowest BCUT2D eigenvalue weighted by Gasteiger charge is -2.29. The Morgan fingerprint density at radius 2 is 1.63 bits per heavy atom. The molecule has 3 nitrogen and oxygen atoms in total. The first-order chi connectivity index (χ1) is 8.95. The number of benzene rings is 1. The SMILES string of the molecule is COc1ccc(C=CC(=O)N(C(C)C)C(C)C)cc1. The zero-order valence-corrected chi connectivity index (χ0v) is 12.4. The van der Waals surface area contributed by atoms with Crippen molar-refractivity contribution in [2.45, 2.75) is 39.8 Å². The molecule has 1 aromatic rings. The number of amides is 1. The average molecular weight is 261 g/mol. The van der Waals surface area contributed by atoms with Crippen LogP contribution in [0.3, 0.4) is 0 Å². The van der Waals surface area contributed by atoms with Gasteiger partial charge < -0.3 is 9.64 Å². The van der Waals surface area contributed by atoms with Crippen molar-refractivity contribution in [3.8, 4) is 5.75 Å². The van der Waals surface area contributed by atoms with Gasteiger partial charge in [-0.1, -0.05) is 12.1 Å². The van der Waals surface area contributed by atoms with Crippen molar-refractivity contribution in [3.63, 3.8) is 0 Å². The van der Waals surface area contributed by atoms with E-state index in [1.807, 2.05) is 62.9 Å². The fraction of sp³-hybridized carbons (Fsp3) is 0.438. The lowest BCUT2D eigenvalue weighted by atomic mass is 10.2. The summed E-state index contributed by atoms with van der Waals surface area (Å²) in [7, 11) is 1.64. The first kappa shape index (κ1) is 15.3. The second kappa shape index (κ2) is 6.98. The largest absolute Gasteiger partial charge is 0.497 e. The molecule has 0 aromatic heterocycles. The van der Waals surface area contributed by atoms with E-state index in [2.05, 4.69) is 0 Å². The summed E-state index contributed by atoms with van der Waals surface area (Å²) in [4.78, 5) is 14.0. The van der Waals surface area contributed by atoms with E-state index in [9.17, 15) is 4.79 Å². The van der Waals surface area contributed by atoms with Crippen molar-refractivity contribution in [1.82, 2.24) is 4.90 Å². The molecule has 0 saturated carbocycles. The number of hydrogen-bond acceptors (Lipinski definition) is 2. The van der Waals surface area contributed by atoms with Crippen LogP contribution in [0, 0.1) is 0 Å². The molecule has 19 heavy (non-hydrogen) atoms. The van der Waals surface area contributed by atoms with Crippen molar-refractivity contribution in [2.75, 3.05) is 7.11 Å². The van der Waals surface area contributed by atoms with Gasteiger partial charge in [-0.2, -0.15) is 0 Å². The first-order valence-electron chi connectivity index (χ1n) is 6.60. The number of rotatable bonds is 5. The van der Waals surface area contributed by atoms with Crippen LogP contribution in [-0.2, 0) is 4.79 Å². The topological polar surface area (TPSA) is 29.5 Å². The highest BCUT2D eigenvalue weighted by Crippen LogP contribution is 2.13. The standard InChI is InChI=1S/C16H23NO2/c1-12(2)17(13(3)4)16(18)11-8-14-6-9-15(19-5)10-7-14/h6-13H,1-5H3. The Hall–Kier alpha value is -1.77. The zero-order chi connectivity index (χ0) is 14.4. The van der Waals surface area contributed by atoms with Gasteiger partial charge >= 0.3 is 0 Å². The van der Waals surface area contributed by atoms with Crippen molar-refractivity contribution < 1.29 is 9.53 Å². The molecule has 0 heterocycles. The maximum absolute atomic E-state index is 12.1. The molecule has 0 spiro atoms. The molecule has 0 aliphatic heterocycles. The van der Waals surface area contributed by atoms with Crippen molar-refractivity contribution in [2.24, 2.45) is 0 Å². The fourth-order valence-electron chi connectivity index (χ4n) is 2.07. The summed E-state index contributed by atoms with van der Waals surface area (Å²) in [6.45, 7) is 8.11. The number of hydrogen-bond donors (Lipinski definition) is 0. The van der Waals surface area contributed by atoms with Gasteiger partial charge in [0.25, 0.3) is 0 Å². The summed E-state index contributed by atoms with van der Waals surface area (Å²) in [5, 5.41) is 0. The van der Waals surface area contributed by atoms with Gasteiger partial charge in [0, 0.05) is 18.2 Å².